The number of aryl methyl sites for hydroxylation is 1. The molecule has 4 nitrogen and oxygen atoms in total. The summed E-state index contributed by atoms with van der Waals surface area (Å²) in [6.45, 7) is 6.68. The Kier molecular flexibility index (Phi) is 4.53. The molecule has 0 aliphatic rings. The molecular weight excluding hydrogens is 248 g/mol. The number of nitrogens with zero attached hydrogens (tertiary/aromatic N) is 1. The highest BCUT2D eigenvalue weighted by atomic mass is 32.2. The van der Waals surface area contributed by atoms with Gasteiger partial charge in [-0.2, -0.15) is 0 Å². The Bertz CT molecular complexity index is 492. The van der Waals surface area contributed by atoms with E-state index in [1.807, 2.05) is 20.8 Å². The molecule has 1 aromatic carbocycles. The number of hydrogen-bond donors (Lipinski definition) is 1. The van der Waals surface area contributed by atoms with Crippen LogP contribution >= 0.6 is 0 Å². The molecule has 0 fully saturated rings. The summed E-state index contributed by atoms with van der Waals surface area (Å²) in [5.41, 5.74) is 6.45. The van der Waals surface area contributed by atoms with Gasteiger partial charge in [0, 0.05) is 13.6 Å². The quantitative estimate of drug-likeness (QED) is 0.884. The number of hydrogen-bond acceptors (Lipinski definition) is 3. The smallest absolute Gasteiger partial charge is 0.242 e. The van der Waals surface area contributed by atoms with Gasteiger partial charge < -0.3 is 5.73 Å². The summed E-state index contributed by atoms with van der Waals surface area (Å²) in [5.74, 6) is 0. The third-order valence-corrected chi connectivity index (χ3v) is 4.75. The first-order chi connectivity index (χ1) is 8.19. The molecule has 18 heavy (non-hydrogen) atoms. The zero-order valence-electron chi connectivity index (χ0n) is 11.5. The van der Waals surface area contributed by atoms with Gasteiger partial charge in [0.1, 0.15) is 0 Å². The molecule has 1 rings (SSSR count). The largest absolute Gasteiger partial charge is 0.330 e. The number of rotatable bonds is 5. The van der Waals surface area contributed by atoms with Gasteiger partial charge in [-0.1, -0.05) is 31.5 Å². The lowest BCUT2D eigenvalue weighted by Crippen LogP contribution is -2.39. The van der Waals surface area contributed by atoms with Crippen molar-refractivity contribution in [1.82, 2.24) is 4.31 Å². The van der Waals surface area contributed by atoms with Crippen molar-refractivity contribution in [2.45, 2.75) is 25.7 Å². The molecule has 0 saturated carbocycles. The molecule has 0 bridgehead atoms. The van der Waals surface area contributed by atoms with Crippen LogP contribution < -0.4 is 5.73 Å². The Morgan fingerprint density at radius 1 is 1.22 bits per heavy atom. The topological polar surface area (TPSA) is 63.4 Å². The highest BCUT2D eigenvalue weighted by molar-refractivity contribution is 7.89. The first-order valence-corrected chi connectivity index (χ1v) is 7.36. The fourth-order valence-corrected chi connectivity index (χ4v) is 3.00. The molecule has 0 spiro atoms. The van der Waals surface area contributed by atoms with E-state index in [9.17, 15) is 8.42 Å². The maximum atomic E-state index is 12.3. The standard InChI is InChI=1S/C13H22N2O2S/c1-11-5-7-12(8-6-11)18(16,17)15(4)10-13(2,3)9-14/h5-8H,9-10,14H2,1-4H3. The molecule has 0 heterocycles. The summed E-state index contributed by atoms with van der Waals surface area (Å²) >= 11 is 0. The van der Waals surface area contributed by atoms with Gasteiger partial charge in [0.2, 0.25) is 10.0 Å². The normalized spacial score (nSPS) is 13.0. The van der Waals surface area contributed by atoms with E-state index in [0.717, 1.165) is 5.56 Å². The lowest BCUT2D eigenvalue weighted by molar-refractivity contribution is 0.292. The molecule has 0 aliphatic carbocycles. The van der Waals surface area contributed by atoms with Gasteiger partial charge in [0.25, 0.3) is 0 Å². The zero-order valence-corrected chi connectivity index (χ0v) is 12.3. The molecule has 0 aliphatic heterocycles. The van der Waals surface area contributed by atoms with E-state index >= 15 is 0 Å². The van der Waals surface area contributed by atoms with E-state index in [2.05, 4.69) is 0 Å². The maximum absolute atomic E-state index is 12.3. The molecule has 0 amide bonds. The van der Waals surface area contributed by atoms with Crippen molar-refractivity contribution < 1.29 is 8.42 Å². The molecular formula is C13H22N2O2S. The minimum atomic E-state index is -3.42. The van der Waals surface area contributed by atoms with Gasteiger partial charge in [-0.25, -0.2) is 12.7 Å². The summed E-state index contributed by atoms with van der Waals surface area (Å²) in [5, 5.41) is 0. The lowest BCUT2D eigenvalue weighted by atomic mass is 9.94. The predicted molar refractivity (Wildman–Crippen MR) is 73.8 cm³/mol. The fraction of sp³-hybridized carbons (Fsp3) is 0.538. The van der Waals surface area contributed by atoms with Crippen LogP contribution in [0, 0.1) is 12.3 Å². The van der Waals surface area contributed by atoms with E-state index in [0.29, 0.717) is 18.0 Å². The van der Waals surface area contributed by atoms with Crippen molar-refractivity contribution in [3.63, 3.8) is 0 Å². The summed E-state index contributed by atoms with van der Waals surface area (Å²) in [6, 6.07) is 6.87. The second kappa shape index (κ2) is 5.38. The molecule has 5 heteroatoms. The molecule has 1 aromatic rings. The van der Waals surface area contributed by atoms with E-state index in [4.69, 9.17) is 5.73 Å². The van der Waals surface area contributed by atoms with Crippen LogP contribution in [0.15, 0.2) is 29.2 Å². The van der Waals surface area contributed by atoms with Crippen molar-refractivity contribution in [2.75, 3.05) is 20.1 Å². The van der Waals surface area contributed by atoms with E-state index in [1.54, 1.807) is 31.3 Å². The highest BCUT2D eigenvalue weighted by Gasteiger charge is 2.26. The van der Waals surface area contributed by atoms with E-state index in [-0.39, 0.29) is 5.41 Å². The average Bonchev–Trinajstić information content (AvgIpc) is 2.29. The van der Waals surface area contributed by atoms with Crippen molar-refractivity contribution in [3.8, 4) is 0 Å². The molecule has 2 N–H and O–H groups in total. The van der Waals surface area contributed by atoms with Gasteiger partial charge in [-0.05, 0) is 31.0 Å². The molecule has 102 valence electrons. The van der Waals surface area contributed by atoms with E-state index in [1.165, 1.54) is 4.31 Å². The van der Waals surface area contributed by atoms with Gasteiger partial charge in [-0.15, -0.1) is 0 Å². The van der Waals surface area contributed by atoms with Crippen molar-refractivity contribution in [2.24, 2.45) is 11.1 Å². The van der Waals surface area contributed by atoms with Crippen LogP contribution in [0.3, 0.4) is 0 Å². The van der Waals surface area contributed by atoms with Gasteiger partial charge in [-0.3, -0.25) is 0 Å². The molecule has 0 unspecified atom stereocenters. The predicted octanol–water partition coefficient (Wildman–Crippen LogP) is 1.60. The maximum Gasteiger partial charge on any atom is 0.242 e. The van der Waals surface area contributed by atoms with Crippen LogP contribution in [0.2, 0.25) is 0 Å². The lowest BCUT2D eigenvalue weighted by Gasteiger charge is -2.28. The third kappa shape index (κ3) is 3.54. The van der Waals surface area contributed by atoms with Crippen LogP contribution in [0.4, 0.5) is 0 Å². The number of sulfonamides is 1. The van der Waals surface area contributed by atoms with Gasteiger partial charge >= 0.3 is 0 Å². The molecule has 0 radical (unpaired) electrons. The summed E-state index contributed by atoms with van der Waals surface area (Å²) < 4.78 is 26.0. The number of benzene rings is 1. The first kappa shape index (κ1) is 15.1. The van der Waals surface area contributed by atoms with Gasteiger partial charge in [0.15, 0.2) is 0 Å². The Hall–Kier alpha value is -0.910. The minimum absolute atomic E-state index is 0.230. The van der Waals surface area contributed by atoms with Crippen LogP contribution in [-0.4, -0.2) is 32.9 Å². The monoisotopic (exact) mass is 270 g/mol. The Morgan fingerprint density at radius 3 is 2.17 bits per heavy atom. The van der Waals surface area contributed by atoms with Crippen LogP contribution in [0.5, 0.6) is 0 Å². The summed E-state index contributed by atoms with van der Waals surface area (Å²) in [7, 11) is -1.83. The zero-order chi connectivity index (χ0) is 14.0. The Balaban J connectivity index is 2.97. The Morgan fingerprint density at radius 2 is 1.72 bits per heavy atom. The van der Waals surface area contributed by atoms with E-state index < -0.39 is 10.0 Å². The molecule has 0 atom stereocenters. The molecule has 0 aromatic heterocycles. The fourth-order valence-electron chi connectivity index (χ4n) is 1.64. The second-order valence-electron chi connectivity index (χ2n) is 5.44. The van der Waals surface area contributed by atoms with Crippen molar-refractivity contribution >= 4 is 10.0 Å². The van der Waals surface area contributed by atoms with Crippen molar-refractivity contribution in [3.05, 3.63) is 29.8 Å². The SMILES string of the molecule is Cc1ccc(S(=O)(=O)N(C)CC(C)(C)CN)cc1. The first-order valence-electron chi connectivity index (χ1n) is 5.92. The molecule has 0 saturated heterocycles. The summed E-state index contributed by atoms with van der Waals surface area (Å²) in [6.07, 6.45) is 0. The number of nitrogens with two attached hydrogens (primary N) is 1. The van der Waals surface area contributed by atoms with Gasteiger partial charge in [0.05, 0.1) is 4.90 Å². The van der Waals surface area contributed by atoms with Crippen LogP contribution in [0.25, 0.3) is 0 Å². The van der Waals surface area contributed by atoms with Crippen LogP contribution in [0.1, 0.15) is 19.4 Å². The third-order valence-electron chi connectivity index (χ3n) is 2.93. The van der Waals surface area contributed by atoms with Crippen molar-refractivity contribution in [1.29, 1.82) is 0 Å². The minimum Gasteiger partial charge on any atom is -0.330 e. The summed E-state index contributed by atoms with van der Waals surface area (Å²) in [4.78, 5) is 0.323. The average molecular weight is 270 g/mol. The van der Waals surface area contributed by atoms with Crippen LogP contribution in [-0.2, 0) is 10.0 Å². The second-order valence-corrected chi connectivity index (χ2v) is 7.49. The highest BCUT2D eigenvalue weighted by Crippen LogP contribution is 2.20. The Labute approximate surface area is 110 Å².